The Morgan fingerprint density at radius 1 is 1.05 bits per heavy atom. The third-order valence-corrected chi connectivity index (χ3v) is 7.79. The minimum Gasteiger partial charge on any atom is -0.461 e. The standard InChI is InChI=1S/C29H34N3O6/c1-2-36-28(34)23-17-25(38-31-23)24(33)18-32-15-13-20(14-16-32)26(19-32)37-29(35)27(21-9-5-3-6-10-21)30-22-11-7-4-8-12-22/h3-12,20,25-27,30H,2,13-19H2,1H3/q+1/t20?,25?,26-,27?,32?/m0/s1. The molecule has 0 saturated carbocycles. The molecule has 0 aliphatic carbocycles. The highest BCUT2D eigenvalue weighted by molar-refractivity contribution is 6.37. The monoisotopic (exact) mass is 520 g/mol. The molecule has 6 rings (SSSR count). The van der Waals surface area contributed by atoms with Crippen molar-refractivity contribution in [2.75, 3.05) is 38.1 Å². The molecule has 0 spiro atoms. The summed E-state index contributed by atoms with van der Waals surface area (Å²) < 4.78 is 11.7. The molecule has 2 aromatic rings. The second-order valence-corrected chi connectivity index (χ2v) is 10.3. The van der Waals surface area contributed by atoms with E-state index in [1.165, 1.54) is 0 Å². The molecule has 4 aliphatic rings. The van der Waals surface area contributed by atoms with Crippen molar-refractivity contribution in [2.45, 2.75) is 44.4 Å². The normalized spacial score (nSPS) is 26.6. The van der Waals surface area contributed by atoms with Gasteiger partial charge in [-0.15, -0.1) is 0 Å². The Labute approximate surface area is 222 Å². The maximum absolute atomic E-state index is 13.5. The molecular formula is C29H34N3O6+. The summed E-state index contributed by atoms with van der Waals surface area (Å²) in [5.74, 6) is -0.678. The molecule has 1 N–H and O–H groups in total. The van der Waals surface area contributed by atoms with Gasteiger partial charge in [-0.25, -0.2) is 9.59 Å². The number of esters is 2. The summed E-state index contributed by atoms with van der Waals surface area (Å²) in [6.07, 6.45) is 0.868. The summed E-state index contributed by atoms with van der Waals surface area (Å²) in [7, 11) is 0. The van der Waals surface area contributed by atoms with Crippen LogP contribution in [0.25, 0.3) is 0 Å². The van der Waals surface area contributed by atoms with Gasteiger partial charge in [0.15, 0.2) is 24.0 Å². The molecule has 2 bridgehead atoms. The smallest absolute Gasteiger partial charge is 0.356 e. The van der Waals surface area contributed by atoms with Crippen LogP contribution < -0.4 is 5.32 Å². The number of carbonyl (C=O) groups is 3. The van der Waals surface area contributed by atoms with Crippen LogP contribution in [0.3, 0.4) is 0 Å². The van der Waals surface area contributed by atoms with E-state index in [9.17, 15) is 14.4 Å². The molecule has 2 unspecified atom stereocenters. The van der Waals surface area contributed by atoms with Crippen LogP contribution in [0.1, 0.15) is 37.8 Å². The lowest BCUT2D eigenvalue weighted by Crippen LogP contribution is -2.66. The van der Waals surface area contributed by atoms with Crippen LogP contribution in [0.5, 0.6) is 0 Å². The van der Waals surface area contributed by atoms with Crippen molar-refractivity contribution >= 4 is 29.1 Å². The molecule has 200 valence electrons. The van der Waals surface area contributed by atoms with Gasteiger partial charge in [0.2, 0.25) is 5.78 Å². The molecule has 9 heteroatoms. The van der Waals surface area contributed by atoms with Crippen molar-refractivity contribution in [1.29, 1.82) is 0 Å². The molecule has 0 amide bonds. The zero-order valence-electron chi connectivity index (χ0n) is 21.6. The van der Waals surface area contributed by atoms with Gasteiger partial charge in [0.05, 0.1) is 19.7 Å². The van der Waals surface area contributed by atoms with E-state index in [1.54, 1.807) is 6.92 Å². The Morgan fingerprint density at radius 2 is 1.74 bits per heavy atom. The van der Waals surface area contributed by atoms with Crippen LogP contribution in [0.4, 0.5) is 5.69 Å². The first-order valence-corrected chi connectivity index (χ1v) is 13.3. The number of ketones is 1. The molecule has 0 radical (unpaired) electrons. The van der Waals surface area contributed by atoms with Crippen LogP contribution in [0.15, 0.2) is 65.8 Å². The van der Waals surface area contributed by atoms with Crippen LogP contribution in [0.2, 0.25) is 0 Å². The summed E-state index contributed by atoms with van der Waals surface area (Å²) in [5.41, 5.74) is 1.81. The number of carbonyl (C=O) groups excluding carboxylic acids is 3. The van der Waals surface area contributed by atoms with E-state index in [-0.39, 0.29) is 49.1 Å². The third-order valence-electron chi connectivity index (χ3n) is 7.79. The predicted octanol–water partition coefficient (Wildman–Crippen LogP) is 3.27. The average molecular weight is 521 g/mol. The number of nitrogens with one attached hydrogen (secondary N) is 1. The van der Waals surface area contributed by atoms with E-state index in [1.807, 2.05) is 60.7 Å². The Morgan fingerprint density at radius 3 is 2.42 bits per heavy atom. The largest absolute Gasteiger partial charge is 0.461 e. The summed E-state index contributed by atoms with van der Waals surface area (Å²) in [6.45, 7) is 4.52. The van der Waals surface area contributed by atoms with E-state index >= 15 is 0 Å². The number of nitrogens with zero attached hydrogens (tertiary/aromatic N) is 2. The minimum atomic E-state index is -0.778. The van der Waals surface area contributed by atoms with Crippen LogP contribution in [-0.2, 0) is 28.7 Å². The molecule has 3 atom stereocenters. The summed E-state index contributed by atoms with van der Waals surface area (Å²) in [5, 5.41) is 7.11. The molecule has 3 saturated heterocycles. The number of anilines is 1. The van der Waals surface area contributed by atoms with Crippen LogP contribution in [0, 0.1) is 5.92 Å². The van der Waals surface area contributed by atoms with Gasteiger partial charge in [-0.1, -0.05) is 53.7 Å². The fourth-order valence-corrected chi connectivity index (χ4v) is 5.74. The van der Waals surface area contributed by atoms with Crippen molar-refractivity contribution in [3.05, 3.63) is 66.2 Å². The van der Waals surface area contributed by atoms with E-state index in [0.717, 1.165) is 37.2 Å². The number of Topliss-reactive ketones (excluding diaryl/α,β-unsaturated/α-hetero) is 1. The predicted molar refractivity (Wildman–Crippen MR) is 140 cm³/mol. The van der Waals surface area contributed by atoms with E-state index < -0.39 is 18.1 Å². The first-order chi connectivity index (χ1) is 18.5. The van der Waals surface area contributed by atoms with Crippen LogP contribution in [-0.4, -0.2) is 72.9 Å². The van der Waals surface area contributed by atoms with Crippen molar-refractivity contribution < 1.29 is 33.2 Å². The number of benzene rings is 2. The van der Waals surface area contributed by atoms with Gasteiger partial charge in [-0.3, -0.25) is 4.79 Å². The van der Waals surface area contributed by atoms with Gasteiger partial charge in [-0.05, 0) is 24.6 Å². The van der Waals surface area contributed by atoms with E-state index in [4.69, 9.17) is 14.3 Å². The van der Waals surface area contributed by atoms with Crippen molar-refractivity contribution in [1.82, 2.24) is 0 Å². The zero-order valence-corrected chi connectivity index (χ0v) is 21.6. The Bertz CT molecular complexity index is 1180. The van der Waals surface area contributed by atoms with Gasteiger partial charge in [0, 0.05) is 30.9 Å². The van der Waals surface area contributed by atoms with Crippen molar-refractivity contribution in [2.24, 2.45) is 11.1 Å². The number of para-hydroxylation sites is 1. The highest BCUT2D eigenvalue weighted by Gasteiger charge is 2.50. The minimum absolute atomic E-state index is 0.0913. The van der Waals surface area contributed by atoms with Gasteiger partial charge in [-0.2, -0.15) is 0 Å². The highest BCUT2D eigenvalue weighted by Crippen LogP contribution is 2.37. The number of piperidine rings is 3. The highest BCUT2D eigenvalue weighted by atomic mass is 16.6. The molecule has 0 aromatic heterocycles. The van der Waals surface area contributed by atoms with Crippen LogP contribution >= 0.6 is 0 Å². The fourth-order valence-electron chi connectivity index (χ4n) is 5.74. The number of ether oxygens (including phenoxy) is 2. The SMILES string of the molecule is CCOC(=O)C1=NOC(C(=O)C[N+]23CCC(CC2)[C@@H](OC(=O)C(Nc2ccccc2)c2ccccc2)C3)C1. The lowest BCUT2D eigenvalue weighted by Gasteiger charge is -2.51. The van der Waals surface area contributed by atoms with E-state index in [0.29, 0.717) is 11.0 Å². The summed E-state index contributed by atoms with van der Waals surface area (Å²) in [6, 6.07) is 18.5. The lowest BCUT2D eigenvalue weighted by atomic mass is 9.82. The number of fused-ring (bicyclic) bond motifs is 3. The van der Waals surface area contributed by atoms with E-state index in [2.05, 4.69) is 10.5 Å². The van der Waals surface area contributed by atoms with Gasteiger partial charge >= 0.3 is 11.9 Å². The third kappa shape index (κ3) is 5.72. The van der Waals surface area contributed by atoms with Gasteiger partial charge in [0.25, 0.3) is 0 Å². The lowest BCUT2D eigenvalue weighted by molar-refractivity contribution is -0.939. The molecule has 3 fully saturated rings. The topological polar surface area (TPSA) is 103 Å². The maximum atomic E-state index is 13.5. The Kier molecular flexibility index (Phi) is 7.74. The first kappa shape index (κ1) is 25.9. The number of quaternary nitrogens is 1. The quantitative estimate of drug-likeness (QED) is 0.379. The van der Waals surface area contributed by atoms with Gasteiger partial charge in [0.1, 0.15) is 13.1 Å². The van der Waals surface area contributed by atoms with Gasteiger partial charge < -0.3 is 24.1 Å². The number of oxime groups is 1. The number of hydrogen-bond acceptors (Lipinski definition) is 8. The maximum Gasteiger partial charge on any atom is 0.356 e. The Hall–Kier alpha value is -3.72. The number of hydrogen-bond donors (Lipinski definition) is 1. The first-order valence-electron chi connectivity index (χ1n) is 13.3. The molecule has 38 heavy (non-hydrogen) atoms. The second kappa shape index (κ2) is 11.3. The van der Waals surface area contributed by atoms with Crippen molar-refractivity contribution in [3.63, 3.8) is 0 Å². The summed E-state index contributed by atoms with van der Waals surface area (Å²) in [4.78, 5) is 44.0. The molecule has 2 aromatic carbocycles. The average Bonchev–Trinajstić information content (AvgIpc) is 3.44. The Balaban J connectivity index is 1.24. The molecule has 4 aliphatic heterocycles. The molecule has 9 nitrogen and oxygen atoms in total. The number of rotatable bonds is 10. The summed E-state index contributed by atoms with van der Waals surface area (Å²) >= 11 is 0. The molecule has 4 heterocycles. The molecular weight excluding hydrogens is 486 g/mol. The van der Waals surface area contributed by atoms with Crippen molar-refractivity contribution in [3.8, 4) is 0 Å². The zero-order chi connectivity index (χ0) is 26.5. The second-order valence-electron chi connectivity index (χ2n) is 10.3. The fraction of sp³-hybridized carbons (Fsp3) is 0.448.